The van der Waals surface area contributed by atoms with Crippen LogP contribution < -0.4 is 9.47 Å². The molecule has 0 spiro atoms. The van der Waals surface area contributed by atoms with Gasteiger partial charge < -0.3 is 19.0 Å². The summed E-state index contributed by atoms with van der Waals surface area (Å²) in [6, 6.07) is 15.1. The third kappa shape index (κ3) is 3.89. The molecule has 1 unspecified atom stereocenters. The van der Waals surface area contributed by atoms with Gasteiger partial charge in [0.05, 0.1) is 7.11 Å². The molecular weight excluding hydrogens is 330 g/mol. The normalized spacial score (nSPS) is 12.2. The van der Waals surface area contributed by atoms with Crippen molar-refractivity contribution < 1.29 is 19.0 Å². The van der Waals surface area contributed by atoms with Gasteiger partial charge in [-0.05, 0) is 55.5 Å². The van der Waals surface area contributed by atoms with E-state index in [1.807, 2.05) is 50.2 Å². The van der Waals surface area contributed by atoms with Crippen molar-refractivity contribution >= 4 is 0 Å². The fourth-order valence-corrected chi connectivity index (χ4v) is 2.61. The summed E-state index contributed by atoms with van der Waals surface area (Å²) in [5.41, 5.74) is 2.65. The molecule has 5 heteroatoms. The number of methoxy groups -OCH3 is 1. The summed E-state index contributed by atoms with van der Waals surface area (Å²) in [5.74, 6) is 2.97. The number of oxazole rings is 1. The predicted octanol–water partition coefficient (Wildman–Crippen LogP) is 4.86. The van der Waals surface area contributed by atoms with Crippen LogP contribution in [0.5, 0.6) is 11.5 Å². The molecular formula is C21H23NO4. The predicted molar refractivity (Wildman–Crippen MR) is 100 cm³/mol. The van der Waals surface area contributed by atoms with Crippen molar-refractivity contribution in [2.75, 3.05) is 7.11 Å². The van der Waals surface area contributed by atoms with E-state index in [1.165, 1.54) is 0 Å². The summed E-state index contributed by atoms with van der Waals surface area (Å²) < 4.78 is 16.6. The molecule has 0 bridgehead atoms. The molecule has 1 N–H and O–H groups in total. The van der Waals surface area contributed by atoms with Gasteiger partial charge in [0.25, 0.3) is 0 Å². The molecule has 0 radical (unpaired) electrons. The Morgan fingerprint density at radius 2 is 1.46 bits per heavy atom. The van der Waals surface area contributed by atoms with Gasteiger partial charge in [-0.3, -0.25) is 0 Å². The van der Waals surface area contributed by atoms with Crippen molar-refractivity contribution in [3.63, 3.8) is 0 Å². The number of ether oxygens (including phenoxy) is 2. The van der Waals surface area contributed by atoms with Gasteiger partial charge in [-0.15, -0.1) is 0 Å². The second-order valence-electron chi connectivity index (χ2n) is 6.35. The highest BCUT2D eigenvalue weighted by molar-refractivity contribution is 5.77. The Bertz CT molecular complexity index is 849. The van der Waals surface area contributed by atoms with Crippen molar-refractivity contribution in [3.05, 3.63) is 54.4 Å². The molecule has 2 aromatic carbocycles. The van der Waals surface area contributed by atoms with Gasteiger partial charge in [-0.25, -0.2) is 4.98 Å². The summed E-state index contributed by atoms with van der Waals surface area (Å²) in [5, 5.41) is 9.33. The van der Waals surface area contributed by atoms with E-state index in [0.29, 0.717) is 17.4 Å². The van der Waals surface area contributed by atoms with Crippen LogP contribution in [0.15, 0.2) is 52.9 Å². The number of hydrogen-bond acceptors (Lipinski definition) is 5. The van der Waals surface area contributed by atoms with Crippen LogP contribution in [0.1, 0.15) is 32.6 Å². The Morgan fingerprint density at radius 3 is 2.00 bits per heavy atom. The summed E-state index contributed by atoms with van der Waals surface area (Å²) in [4.78, 5) is 4.70. The molecule has 0 fully saturated rings. The molecule has 1 heterocycles. The lowest BCUT2D eigenvalue weighted by atomic mass is 10.1. The Labute approximate surface area is 153 Å². The Morgan fingerprint density at radius 1 is 0.885 bits per heavy atom. The maximum atomic E-state index is 9.33. The number of nitrogens with zero attached hydrogens (tertiary/aromatic N) is 1. The van der Waals surface area contributed by atoms with Gasteiger partial charge in [0, 0.05) is 17.0 Å². The first-order chi connectivity index (χ1) is 12.5. The molecule has 26 heavy (non-hydrogen) atoms. The van der Waals surface area contributed by atoms with Crippen molar-refractivity contribution in [2.24, 2.45) is 0 Å². The molecule has 1 aromatic heterocycles. The first-order valence-corrected chi connectivity index (χ1v) is 8.58. The molecule has 3 aromatic rings. The van der Waals surface area contributed by atoms with Gasteiger partial charge >= 0.3 is 0 Å². The summed E-state index contributed by atoms with van der Waals surface area (Å²) in [6.07, 6.45) is -0.853. The minimum Gasteiger partial charge on any atom is -0.497 e. The van der Waals surface area contributed by atoms with E-state index < -0.39 is 6.29 Å². The molecule has 0 saturated carbocycles. The van der Waals surface area contributed by atoms with E-state index in [0.717, 1.165) is 22.6 Å². The molecule has 0 aliphatic carbocycles. The standard InChI is InChI=1S/C21H23NO4/c1-13(2)21-22-19(15-5-9-17(24-4)10-6-15)20(26-21)16-7-11-18(12-8-16)25-14(3)23/h5-14,23H,1-4H3. The zero-order chi connectivity index (χ0) is 18.7. The maximum absolute atomic E-state index is 9.33. The van der Waals surface area contributed by atoms with Gasteiger partial charge in [-0.2, -0.15) is 0 Å². The average molecular weight is 353 g/mol. The Hall–Kier alpha value is -2.79. The lowest BCUT2D eigenvalue weighted by molar-refractivity contribution is -0.000283. The SMILES string of the molecule is COc1ccc(-c2nc(C(C)C)oc2-c2ccc(OC(C)O)cc2)cc1. The zero-order valence-corrected chi connectivity index (χ0v) is 15.4. The Balaban J connectivity index is 2.02. The molecule has 0 amide bonds. The maximum Gasteiger partial charge on any atom is 0.198 e. The topological polar surface area (TPSA) is 64.7 Å². The molecule has 5 nitrogen and oxygen atoms in total. The first-order valence-electron chi connectivity index (χ1n) is 8.58. The number of hydrogen-bond donors (Lipinski definition) is 1. The van der Waals surface area contributed by atoms with Crippen LogP contribution in [0.4, 0.5) is 0 Å². The smallest absolute Gasteiger partial charge is 0.198 e. The van der Waals surface area contributed by atoms with E-state index in [1.54, 1.807) is 26.2 Å². The number of rotatable bonds is 6. The minimum absolute atomic E-state index is 0.179. The van der Waals surface area contributed by atoms with Crippen molar-refractivity contribution in [1.29, 1.82) is 0 Å². The summed E-state index contributed by atoms with van der Waals surface area (Å²) in [7, 11) is 1.64. The van der Waals surface area contributed by atoms with Crippen LogP contribution in [0, 0.1) is 0 Å². The van der Waals surface area contributed by atoms with Crippen molar-refractivity contribution in [1.82, 2.24) is 4.98 Å². The monoisotopic (exact) mass is 353 g/mol. The number of aliphatic hydroxyl groups excluding tert-OH is 1. The van der Waals surface area contributed by atoms with Gasteiger partial charge in [0.1, 0.15) is 17.2 Å². The van der Waals surface area contributed by atoms with Crippen LogP contribution in [-0.2, 0) is 0 Å². The fraction of sp³-hybridized carbons (Fsp3) is 0.286. The second-order valence-corrected chi connectivity index (χ2v) is 6.35. The third-order valence-corrected chi connectivity index (χ3v) is 3.92. The number of benzene rings is 2. The van der Waals surface area contributed by atoms with Crippen LogP contribution in [0.3, 0.4) is 0 Å². The van der Waals surface area contributed by atoms with E-state index in [2.05, 4.69) is 0 Å². The first kappa shape index (κ1) is 18.0. The molecule has 1 atom stereocenters. The van der Waals surface area contributed by atoms with Gasteiger partial charge in [0.15, 0.2) is 17.9 Å². The highest BCUT2D eigenvalue weighted by Crippen LogP contribution is 2.36. The lowest BCUT2D eigenvalue weighted by Gasteiger charge is -2.09. The largest absolute Gasteiger partial charge is 0.497 e. The van der Waals surface area contributed by atoms with E-state index in [9.17, 15) is 5.11 Å². The molecule has 136 valence electrons. The molecule has 0 aliphatic rings. The van der Waals surface area contributed by atoms with Crippen LogP contribution in [-0.4, -0.2) is 23.5 Å². The number of aromatic nitrogens is 1. The average Bonchev–Trinajstić information content (AvgIpc) is 3.07. The van der Waals surface area contributed by atoms with Gasteiger partial charge in [-0.1, -0.05) is 13.8 Å². The molecule has 0 aliphatic heterocycles. The third-order valence-electron chi connectivity index (χ3n) is 3.92. The van der Waals surface area contributed by atoms with E-state index in [4.69, 9.17) is 18.9 Å². The summed E-state index contributed by atoms with van der Waals surface area (Å²) in [6.45, 7) is 5.67. The number of aliphatic hydroxyl groups is 1. The van der Waals surface area contributed by atoms with Crippen LogP contribution in [0.25, 0.3) is 22.6 Å². The molecule has 3 rings (SSSR count). The lowest BCUT2D eigenvalue weighted by Crippen LogP contribution is -2.09. The fourth-order valence-electron chi connectivity index (χ4n) is 2.61. The van der Waals surface area contributed by atoms with Crippen molar-refractivity contribution in [2.45, 2.75) is 33.0 Å². The van der Waals surface area contributed by atoms with Gasteiger partial charge in [0.2, 0.25) is 0 Å². The highest BCUT2D eigenvalue weighted by Gasteiger charge is 2.19. The second kappa shape index (κ2) is 7.62. The van der Waals surface area contributed by atoms with Crippen molar-refractivity contribution in [3.8, 4) is 34.1 Å². The minimum atomic E-state index is -0.853. The van der Waals surface area contributed by atoms with E-state index in [-0.39, 0.29) is 5.92 Å². The summed E-state index contributed by atoms with van der Waals surface area (Å²) >= 11 is 0. The quantitative estimate of drug-likeness (QED) is 0.641. The van der Waals surface area contributed by atoms with Crippen LogP contribution >= 0.6 is 0 Å². The zero-order valence-electron chi connectivity index (χ0n) is 15.4. The molecule has 0 saturated heterocycles. The highest BCUT2D eigenvalue weighted by atomic mass is 16.6. The van der Waals surface area contributed by atoms with E-state index >= 15 is 0 Å². The van der Waals surface area contributed by atoms with Crippen LogP contribution in [0.2, 0.25) is 0 Å². The Kier molecular flexibility index (Phi) is 5.28.